The number of hydrogen-bond donors (Lipinski definition) is 1. The van der Waals surface area contributed by atoms with Crippen LogP contribution in [-0.2, 0) is 11.3 Å². The second kappa shape index (κ2) is 7.19. The molecule has 0 unspecified atom stereocenters. The van der Waals surface area contributed by atoms with E-state index in [9.17, 15) is 4.79 Å². The first kappa shape index (κ1) is 13.9. The Morgan fingerprint density at radius 2 is 2.10 bits per heavy atom. The van der Waals surface area contributed by atoms with Crippen molar-refractivity contribution in [1.29, 1.82) is 0 Å². The van der Waals surface area contributed by atoms with Crippen LogP contribution in [0.3, 0.4) is 0 Å². The molecule has 0 bridgehead atoms. The van der Waals surface area contributed by atoms with Gasteiger partial charge in [-0.3, -0.25) is 4.79 Å². The zero-order chi connectivity index (χ0) is 14.2. The number of nitrogens with one attached hydrogen (secondary N) is 1. The van der Waals surface area contributed by atoms with Crippen LogP contribution in [0, 0.1) is 0 Å². The Bertz CT molecular complexity index is 556. The summed E-state index contributed by atoms with van der Waals surface area (Å²) in [5.41, 5.74) is 0.946. The zero-order valence-electron chi connectivity index (χ0n) is 11.3. The molecule has 0 fully saturated rings. The Morgan fingerprint density at radius 3 is 2.75 bits per heavy atom. The van der Waals surface area contributed by atoms with Crippen LogP contribution in [-0.4, -0.2) is 12.5 Å². The van der Waals surface area contributed by atoms with Crippen LogP contribution in [0.15, 0.2) is 53.2 Å². The molecule has 2 rings (SSSR count). The lowest BCUT2D eigenvalue weighted by atomic mass is 10.2. The van der Waals surface area contributed by atoms with Crippen LogP contribution in [0.1, 0.15) is 18.2 Å². The molecule has 0 spiro atoms. The van der Waals surface area contributed by atoms with Crippen molar-refractivity contribution in [2.75, 3.05) is 6.61 Å². The minimum absolute atomic E-state index is 0.157. The molecule has 104 valence electrons. The summed E-state index contributed by atoms with van der Waals surface area (Å²) in [5, 5.41) is 2.74. The van der Waals surface area contributed by atoms with Gasteiger partial charge in [-0.15, -0.1) is 0 Å². The number of carbonyl (C=O) groups excluding carboxylic acids is 1. The second-order valence-corrected chi connectivity index (χ2v) is 4.13. The van der Waals surface area contributed by atoms with Gasteiger partial charge in [-0.05, 0) is 42.8 Å². The molecule has 0 atom stereocenters. The maximum absolute atomic E-state index is 11.6. The van der Waals surface area contributed by atoms with Gasteiger partial charge in [0.15, 0.2) is 0 Å². The highest BCUT2D eigenvalue weighted by atomic mass is 16.5. The van der Waals surface area contributed by atoms with Gasteiger partial charge in [0.1, 0.15) is 11.5 Å². The Balaban J connectivity index is 1.83. The molecule has 1 aromatic heterocycles. The van der Waals surface area contributed by atoms with Crippen molar-refractivity contribution >= 4 is 12.0 Å². The van der Waals surface area contributed by atoms with Gasteiger partial charge in [0.2, 0.25) is 5.91 Å². The average Bonchev–Trinajstić information content (AvgIpc) is 2.98. The van der Waals surface area contributed by atoms with Crippen molar-refractivity contribution in [3.05, 3.63) is 60.1 Å². The lowest BCUT2D eigenvalue weighted by Crippen LogP contribution is -2.19. The summed E-state index contributed by atoms with van der Waals surface area (Å²) in [5.74, 6) is 1.40. The van der Waals surface area contributed by atoms with E-state index in [1.165, 1.54) is 6.08 Å². The van der Waals surface area contributed by atoms with Crippen LogP contribution in [0.2, 0.25) is 0 Å². The third kappa shape index (κ3) is 4.31. The van der Waals surface area contributed by atoms with E-state index in [0.29, 0.717) is 13.2 Å². The summed E-state index contributed by atoms with van der Waals surface area (Å²) in [6.07, 6.45) is 4.84. The van der Waals surface area contributed by atoms with Crippen LogP contribution < -0.4 is 10.1 Å². The fourth-order valence-electron chi connectivity index (χ4n) is 1.66. The summed E-state index contributed by atoms with van der Waals surface area (Å²) >= 11 is 0. The fourth-order valence-corrected chi connectivity index (χ4v) is 1.66. The number of furan rings is 1. The number of ether oxygens (including phenoxy) is 1. The van der Waals surface area contributed by atoms with Gasteiger partial charge in [0.25, 0.3) is 0 Å². The first-order valence-electron chi connectivity index (χ1n) is 6.49. The summed E-state index contributed by atoms with van der Waals surface area (Å²) in [7, 11) is 0. The van der Waals surface area contributed by atoms with Gasteiger partial charge in [-0.1, -0.05) is 12.1 Å². The van der Waals surface area contributed by atoms with Crippen molar-refractivity contribution < 1.29 is 13.9 Å². The highest BCUT2D eigenvalue weighted by Gasteiger charge is 1.98. The van der Waals surface area contributed by atoms with E-state index < -0.39 is 0 Å². The van der Waals surface area contributed by atoms with Gasteiger partial charge < -0.3 is 14.5 Å². The molecule has 0 aliphatic heterocycles. The molecule has 4 nitrogen and oxygen atoms in total. The van der Waals surface area contributed by atoms with Crippen LogP contribution >= 0.6 is 0 Å². The van der Waals surface area contributed by atoms with Crippen LogP contribution in [0.4, 0.5) is 0 Å². The average molecular weight is 271 g/mol. The van der Waals surface area contributed by atoms with Crippen molar-refractivity contribution in [3.63, 3.8) is 0 Å². The number of hydrogen-bond acceptors (Lipinski definition) is 3. The molecule has 0 radical (unpaired) electrons. The second-order valence-electron chi connectivity index (χ2n) is 4.13. The lowest BCUT2D eigenvalue weighted by Gasteiger charge is -2.02. The standard InChI is InChI=1S/C16H17NO3/c1-2-19-14-8-5-13(6-9-14)7-10-16(18)17-12-15-4-3-11-20-15/h3-11H,2,12H2,1H3,(H,17,18)/b10-7+. The van der Waals surface area contributed by atoms with Gasteiger partial charge in [-0.25, -0.2) is 0 Å². The smallest absolute Gasteiger partial charge is 0.244 e. The maximum Gasteiger partial charge on any atom is 0.244 e. The summed E-state index contributed by atoms with van der Waals surface area (Å²) in [4.78, 5) is 11.6. The molecular formula is C16H17NO3. The quantitative estimate of drug-likeness (QED) is 0.822. The molecule has 1 amide bonds. The van der Waals surface area contributed by atoms with E-state index in [1.54, 1.807) is 18.4 Å². The molecule has 0 aliphatic rings. The SMILES string of the molecule is CCOc1ccc(/C=C/C(=O)NCc2ccco2)cc1. The molecule has 2 aromatic rings. The monoisotopic (exact) mass is 271 g/mol. The summed E-state index contributed by atoms with van der Waals surface area (Å²) in [6.45, 7) is 2.97. The molecule has 4 heteroatoms. The van der Waals surface area contributed by atoms with Crippen molar-refractivity contribution in [2.45, 2.75) is 13.5 Å². The zero-order valence-corrected chi connectivity index (χ0v) is 11.3. The molecule has 1 N–H and O–H groups in total. The molecule has 20 heavy (non-hydrogen) atoms. The Morgan fingerprint density at radius 1 is 1.30 bits per heavy atom. The third-order valence-corrected chi connectivity index (χ3v) is 2.64. The summed E-state index contributed by atoms with van der Waals surface area (Å²) in [6, 6.07) is 11.2. The van der Waals surface area contributed by atoms with Crippen molar-refractivity contribution in [2.24, 2.45) is 0 Å². The van der Waals surface area contributed by atoms with Gasteiger partial charge in [0.05, 0.1) is 19.4 Å². The normalized spacial score (nSPS) is 10.7. The van der Waals surface area contributed by atoms with E-state index in [2.05, 4.69) is 5.32 Å². The van der Waals surface area contributed by atoms with Crippen molar-refractivity contribution in [1.82, 2.24) is 5.32 Å². The maximum atomic E-state index is 11.6. The Kier molecular flexibility index (Phi) is 5.00. The van der Waals surface area contributed by atoms with E-state index in [-0.39, 0.29) is 5.91 Å². The molecule has 1 aromatic carbocycles. The molecule has 0 saturated heterocycles. The topological polar surface area (TPSA) is 51.5 Å². The van der Waals surface area contributed by atoms with Crippen LogP contribution in [0.5, 0.6) is 5.75 Å². The number of rotatable bonds is 6. The Hall–Kier alpha value is -2.49. The predicted molar refractivity (Wildman–Crippen MR) is 77.2 cm³/mol. The minimum Gasteiger partial charge on any atom is -0.494 e. The van der Waals surface area contributed by atoms with Gasteiger partial charge in [-0.2, -0.15) is 0 Å². The van der Waals surface area contributed by atoms with E-state index in [0.717, 1.165) is 17.1 Å². The Labute approximate surface area is 118 Å². The molecular weight excluding hydrogens is 254 g/mol. The minimum atomic E-state index is -0.157. The number of benzene rings is 1. The lowest BCUT2D eigenvalue weighted by molar-refractivity contribution is -0.116. The van der Waals surface area contributed by atoms with Gasteiger partial charge >= 0.3 is 0 Å². The molecule has 0 saturated carbocycles. The fraction of sp³-hybridized carbons (Fsp3) is 0.188. The largest absolute Gasteiger partial charge is 0.494 e. The van der Waals surface area contributed by atoms with Crippen molar-refractivity contribution in [3.8, 4) is 5.75 Å². The third-order valence-electron chi connectivity index (χ3n) is 2.64. The highest BCUT2D eigenvalue weighted by Crippen LogP contribution is 2.12. The van der Waals surface area contributed by atoms with E-state index in [1.807, 2.05) is 37.3 Å². The van der Waals surface area contributed by atoms with Gasteiger partial charge in [0, 0.05) is 6.08 Å². The number of amides is 1. The number of carbonyl (C=O) groups is 1. The van der Waals surface area contributed by atoms with E-state index >= 15 is 0 Å². The van der Waals surface area contributed by atoms with Crippen LogP contribution in [0.25, 0.3) is 6.08 Å². The van der Waals surface area contributed by atoms with E-state index in [4.69, 9.17) is 9.15 Å². The predicted octanol–water partition coefficient (Wildman–Crippen LogP) is 3.01. The first-order chi connectivity index (χ1) is 9.78. The molecule has 0 aliphatic carbocycles. The molecule has 1 heterocycles. The first-order valence-corrected chi connectivity index (χ1v) is 6.49. The summed E-state index contributed by atoms with van der Waals surface area (Å²) < 4.78 is 10.5. The highest BCUT2D eigenvalue weighted by molar-refractivity contribution is 5.91.